The molecule has 1 amide bonds. The fourth-order valence-corrected chi connectivity index (χ4v) is 4.22. The standard InChI is InChI=1S/C20H23N3O3/c1-25-16-6-2-4-14-7-13-26-20(17(14)16)8-11-23(12-9-20)19-15(18(21)24)5-3-10-22-19/h2-6,10H,7-9,11-13H2,1H3,(H2,21,24). The molecule has 2 N–H and O–H groups in total. The minimum Gasteiger partial charge on any atom is -0.496 e. The molecule has 1 fully saturated rings. The Morgan fingerprint density at radius 2 is 2.08 bits per heavy atom. The molecule has 1 aromatic carbocycles. The third-order valence-corrected chi connectivity index (χ3v) is 5.46. The summed E-state index contributed by atoms with van der Waals surface area (Å²) in [5.41, 5.74) is 8.13. The lowest BCUT2D eigenvalue weighted by molar-refractivity contribution is -0.0780. The number of carbonyl (C=O) groups is 1. The molecule has 3 heterocycles. The van der Waals surface area contributed by atoms with Crippen molar-refractivity contribution in [3.05, 3.63) is 53.2 Å². The molecule has 136 valence electrons. The van der Waals surface area contributed by atoms with Crippen LogP contribution >= 0.6 is 0 Å². The number of aromatic nitrogens is 1. The van der Waals surface area contributed by atoms with E-state index in [0.717, 1.165) is 44.7 Å². The zero-order chi connectivity index (χ0) is 18.1. The van der Waals surface area contributed by atoms with Gasteiger partial charge >= 0.3 is 0 Å². The predicted molar refractivity (Wildman–Crippen MR) is 98.5 cm³/mol. The first-order valence-corrected chi connectivity index (χ1v) is 8.95. The number of ether oxygens (including phenoxy) is 2. The average Bonchev–Trinajstić information content (AvgIpc) is 2.68. The first kappa shape index (κ1) is 16.8. The van der Waals surface area contributed by atoms with Gasteiger partial charge in [-0.05, 0) is 43.0 Å². The zero-order valence-electron chi connectivity index (χ0n) is 14.9. The van der Waals surface area contributed by atoms with Gasteiger partial charge in [-0.15, -0.1) is 0 Å². The summed E-state index contributed by atoms with van der Waals surface area (Å²) in [5, 5.41) is 0. The SMILES string of the molecule is COc1cccc2c1C1(CCN(c3ncccc3C(N)=O)CC1)OCC2. The fraction of sp³-hybridized carbons (Fsp3) is 0.400. The van der Waals surface area contributed by atoms with Gasteiger partial charge in [0, 0.05) is 24.8 Å². The zero-order valence-corrected chi connectivity index (χ0v) is 14.9. The van der Waals surface area contributed by atoms with Crippen molar-refractivity contribution in [2.75, 3.05) is 31.7 Å². The Morgan fingerprint density at radius 3 is 2.81 bits per heavy atom. The molecule has 1 aromatic heterocycles. The van der Waals surface area contributed by atoms with Crippen LogP contribution in [0, 0.1) is 0 Å². The lowest BCUT2D eigenvalue weighted by Crippen LogP contribution is -2.47. The quantitative estimate of drug-likeness (QED) is 0.916. The van der Waals surface area contributed by atoms with Gasteiger partial charge in [0.15, 0.2) is 0 Å². The van der Waals surface area contributed by atoms with Crippen LogP contribution < -0.4 is 15.4 Å². The van der Waals surface area contributed by atoms with E-state index in [-0.39, 0.29) is 5.60 Å². The molecule has 6 nitrogen and oxygen atoms in total. The Balaban J connectivity index is 1.64. The number of primary amides is 1. The summed E-state index contributed by atoms with van der Waals surface area (Å²) in [5.74, 6) is 1.10. The highest BCUT2D eigenvalue weighted by molar-refractivity contribution is 5.97. The van der Waals surface area contributed by atoms with Crippen LogP contribution in [0.4, 0.5) is 5.82 Å². The molecule has 0 saturated carbocycles. The van der Waals surface area contributed by atoms with Gasteiger partial charge in [-0.25, -0.2) is 4.98 Å². The Bertz CT molecular complexity index is 815. The first-order valence-electron chi connectivity index (χ1n) is 8.95. The highest BCUT2D eigenvalue weighted by atomic mass is 16.5. The number of fused-ring (bicyclic) bond motifs is 2. The minimum absolute atomic E-state index is 0.335. The predicted octanol–water partition coefficient (Wildman–Crippen LogP) is 2.26. The van der Waals surface area contributed by atoms with Crippen molar-refractivity contribution in [2.45, 2.75) is 24.9 Å². The Morgan fingerprint density at radius 1 is 1.27 bits per heavy atom. The van der Waals surface area contributed by atoms with Gasteiger partial charge < -0.3 is 20.1 Å². The van der Waals surface area contributed by atoms with Crippen LogP contribution in [-0.4, -0.2) is 37.7 Å². The van der Waals surface area contributed by atoms with E-state index in [2.05, 4.69) is 16.0 Å². The molecule has 26 heavy (non-hydrogen) atoms. The second kappa shape index (κ2) is 6.61. The van der Waals surface area contributed by atoms with Gasteiger partial charge in [0.1, 0.15) is 17.2 Å². The maximum absolute atomic E-state index is 11.7. The van der Waals surface area contributed by atoms with Crippen molar-refractivity contribution in [1.82, 2.24) is 4.98 Å². The number of anilines is 1. The van der Waals surface area contributed by atoms with E-state index in [0.29, 0.717) is 11.4 Å². The van der Waals surface area contributed by atoms with Crippen LogP contribution in [0.2, 0.25) is 0 Å². The normalized spacial score (nSPS) is 18.4. The highest BCUT2D eigenvalue weighted by Crippen LogP contribution is 2.46. The number of hydrogen-bond acceptors (Lipinski definition) is 5. The maximum atomic E-state index is 11.7. The summed E-state index contributed by atoms with van der Waals surface area (Å²) in [6.45, 7) is 2.21. The lowest BCUT2D eigenvalue weighted by Gasteiger charge is -2.46. The summed E-state index contributed by atoms with van der Waals surface area (Å²) in [4.78, 5) is 18.2. The van der Waals surface area contributed by atoms with Crippen molar-refractivity contribution in [3.8, 4) is 5.75 Å². The molecule has 0 radical (unpaired) electrons. The number of hydrogen-bond donors (Lipinski definition) is 1. The van der Waals surface area contributed by atoms with E-state index < -0.39 is 5.91 Å². The molecule has 0 unspecified atom stereocenters. The first-order chi connectivity index (χ1) is 12.6. The van der Waals surface area contributed by atoms with Crippen LogP contribution in [0.15, 0.2) is 36.5 Å². The van der Waals surface area contributed by atoms with Crippen LogP contribution in [0.25, 0.3) is 0 Å². The monoisotopic (exact) mass is 353 g/mol. The molecule has 2 aliphatic rings. The second-order valence-corrected chi connectivity index (χ2v) is 6.81. The van der Waals surface area contributed by atoms with E-state index in [1.165, 1.54) is 11.1 Å². The maximum Gasteiger partial charge on any atom is 0.252 e. The molecule has 0 bridgehead atoms. The molecule has 4 rings (SSSR count). The van der Waals surface area contributed by atoms with Crippen LogP contribution in [0.5, 0.6) is 5.75 Å². The van der Waals surface area contributed by atoms with E-state index in [1.54, 1.807) is 25.4 Å². The molecule has 1 saturated heterocycles. The minimum atomic E-state index is -0.450. The molecule has 1 spiro atoms. The van der Waals surface area contributed by atoms with Crippen molar-refractivity contribution >= 4 is 11.7 Å². The Hall–Kier alpha value is -2.60. The lowest BCUT2D eigenvalue weighted by atomic mass is 9.78. The van der Waals surface area contributed by atoms with Gasteiger partial charge in [-0.1, -0.05) is 12.1 Å². The summed E-state index contributed by atoms with van der Waals surface area (Å²) in [7, 11) is 1.71. The van der Waals surface area contributed by atoms with Crippen LogP contribution in [0.1, 0.15) is 34.3 Å². The number of piperidine rings is 1. The van der Waals surface area contributed by atoms with Crippen molar-refractivity contribution < 1.29 is 14.3 Å². The largest absolute Gasteiger partial charge is 0.496 e. The summed E-state index contributed by atoms with van der Waals surface area (Å²) < 4.78 is 12.0. The number of amides is 1. The fourth-order valence-electron chi connectivity index (χ4n) is 4.22. The van der Waals surface area contributed by atoms with Crippen LogP contribution in [0.3, 0.4) is 0 Å². The topological polar surface area (TPSA) is 77.7 Å². The Kier molecular flexibility index (Phi) is 4.28. The third kappa shape index (κ3) is 2.70. The third-order valence-electron chi connectivity index (χ3n) is 5.46. The van der Waals surface area contributed by atoms with Gasteiger partial charge in [-0.2, -0.15) is 0 Å². The van der Waals surface area contributed by atoms with Gasteiger partial charge in [0.25, 0.3) is 5.91 Å². The summed E-state index contributed by atoms with van der Waals surface area (Å²) >= 11 is 0. The molecule has 6 heteroatoms. The second-order valence-electron chi connectivity index (χ2n) is 6.81. The van der Waals surface area contributed by atoms with E-state index >= 15 is 0 Å². The van der Waals surface area contributed by atoms with Gasteiger partial charge in [0.2, 0.25) is 0 Å². The molecule has 0 aliphatic carbocycles. The number of benzene rings is 1. The van der Waals surface area contributed by atoms with E-state index in [1.807, 2.05) is 12.1 Å². The van der Waals surface area contributed by atoms with Crippen LogP contribution in [-0.2, 0) is 16.8 Å². The molecule has 2 aliphatic heterocycles. The van der Waals surface area contributed by atoms with E-state index in [4.69, 9.17) is 15.2 Å². The number of methoxy groups -OCH3 is 1. The van der Waals surface area contributed by atoms with Gasteiger partial charge in [0.05, 0.1) is 19.3 Å². The van der Waals surface area contributed by atoms with E-state index in [9.17, 15) is 4.79 Å². The number of nitrogens with zero attached hydrogens (tertiary/aromatic N) is 2. The number of nitrogens with two attached hydrogens (primary N) is 1. The summed E-state index contributed by atoms with van der Waals surface area (Å²) in [6, 6.07) is 9.67. The highest BCUT2D eigenvalue weighted by Gasteiger charge is 2.43. The molecule has 2 aromatic rings. The number of rotatable bonds is 3. The number of carbonyl (C=O) groups excluding carboxylic acids is 1. The Labute approximate surface area is 152 Å². The molecule has 0 atom stereocenters. The molecular weight excluding hydrogens is 330 g/mol. The van der Waals surface area contributed by atoms with Gasteiger partial charge in [-0.3, -0.25) is 4.79 Å². The number of pyridine rings is 1. The van der Waals surface area contributed by atoms with Crippen molar-refractivity contribution in [2.24, 2.45) is 5.73 Å². The molecular formula is C20H23N3O3. The summed E-state index contributed by atoms with van der Waals surface area (Å²) in [6.07, 6.45) is 4.23. The smallest absolute Gasteiger partial charge is 0.252 e. The van der Waals surface area contributed by atoms with Crippen molar-refractivity contribution in [1.29, 1.82) is 0 Å². The van der Waals surface area contributed by atoms with Crippen molar-refractivity contribution in [3.63, 3.8) is 0 Å². The average molecular weight is 353 g/mol.